The molecule has 0 saturated heterocycles. The first-order valence-corrected chi connectivity index (χ1v) is 7.94. The fourth-order valence-corrected chi connectivity index (χ4v) is 3.60. The first-order valence-electron chi connectivity index (χ1n) is 6.50. The van der Waals surface area contributed by atoms with Gasteiger partial charge in [-0.15, -0.1) is 0 Å². The molecule has 112 valence electrons. The van der Waals surface area contributed by atoms with Crippen LogP contribution in [0.5, 0.6) is 0 Å². The first kappa shape index (κ1) is 15.3. The van der Waals surface area contributed by atoms with Crippen molar-refractivity contribution in [3.8, 4) is 0 Å². The van der Waals surface area contributed by atoms with Gasteiger partial charge in [-0.05, 0) is 44.2 Å². The molecule has 6 heteroatoms. The molecule has 0 radical (unpaired) electrons. The summed E-state index contributed by atoms with van der Waals surface area (Å²) in [6.07, 6.45) is 0. The molecule has 2 aromatic carbocycles. The van der Waals surface area contributed by atoms with Gasteiger partial charge in [0.1, 0.15) is 5.82 Å². The third kappa shape index (κ3) is 3.16. The molecular weight excluding hydrogens is 291 g/mol. The van der Waals surface area contributed by atoms with E-state index >= 15 is 0 Å². The van der Waals surface area contributed by atoms with E-state index in [1.165, 1.54) is 10.4 Å². The van der Waals surface area contributed by atoms with Crippen molar-refractivity contribution < 1.29 is 12.8 Å². The van der Waals surface area contributed by atoms with E-state index in [1.807, 2.05) is 19.1 Å². The lowest BCUT2D eigenvalue weighted by Gasteiger charge is -2.23. The largest absolute Gasteiger partial charge is 0.399 e. The van der Waals surface area contributed by atoms with E-state index in [9.17, 15) is 12.8 Å². The molecule has 0 atom stereocenters. The van der Waals surface area contributed by atoms with Gasteiger partial charge in [-0.1, -0.05) is 17.7 Å². The van der Waals surface area contributed by atoms with Gasteiger partial charge >= 0.3 is 0 Å². The SMILES string of the molecule is CCN(c1ccc(C)cc1)S(=O)(=O)c1cc(N)cc(F)c1. The van der Waals surface area contributed by atoms with E-state index in [2.05, 4.69) is 0 Å². The highest BCUT2D eigenvalue weighted by molar-refractivity contribution is 7.92. The average molecular weight is 308 g/mol. The lowest BCUT2D eigenvalue weighted by molar-refractivity contribution is 0.587. The number of nitrogen functional groups attached to an aromatic ring is 1. The fraction of sp³-hybridized carbons (Fsp3) is 0.200. The van der Waals surface area contributed by atoms with Crippen molar-refractivity contribution in [3.63, 3.8) is 0 Å². The molecule has 0 heterocycles. The number of aryl methyl sites for hydroxylation is 1. The number of sulfonamides is 1. The maximum Gasteiger partial charge on any atom is 0.264 e. The summed E-state index contributed by atoms with van der Waals surface area (Å²) in [5.41, 5.74) is 7.17. The van der Waals surface area contributed by atoms with Crippen molar-refractivity contribution in [2.75, 3.05) is 16.6 Å². The highest BCUT2D eigenvalue weighted by Crippen LogP contribution is 2.25. The van der Waals surface area contributed by atoms with Gasteiger partial charge in [0.25, 0.3) is 10.0 Å². The van der Waals surface area contributed by atoms with Gasteiger partial charge in [-0.2, -0.15) is 0 Å². The van der Waals surface area contributed by atoms with Crippen molar-refractivity contribution in [3.05, 3.63) is 53.8 Å². The minimum Gasteiger partial charge on any atom is -0.399 e. The molecule has 0 spiro atoms. The predicted molar refractivity (Wildman–Crippen MR) is 82.2 cm³/mol. The second-order valence-electron chi connectivity index (χ2n) is 4.73. The molecule has 0 unspecified atom stereocenters. The normalized spacial score (nSPS) is 11.4. The van der Waals surface area contributed by atoms with Crippen LogP contribution in [0.3, 0.4) is 0 Å². The summed E-state index contributed by atoms with van der Waals surface area (Å²) < 4.78 is 40.0. The number of nitrogens with zero attached hydrogens (tertiary/aromatic N) is 1. The van der Waals surface area contributed by atoms with Crippen molar-refractivity contribution in [1.82, 2.24) is 0 Å². The van der Waals surface area contributed by atoms with E-state index in [0.29, 0.717) is 5.69 Å². The monoisotopic (exact) mass is 308 g/mol. The van der Waals surface area contributed by atoms with Crippen molar-refractivity contribution in [2.24, 2.45) is 0 Å². The number of benzene rings is 2. The number of rotatable bonds is 4. The molecule has 0 aliphatic heterocycles. The maximum atomic E-state index is 13.4. The van der Waals surface area contributed by atoms with Crippen molar-refractivity contribution in [1.29, 1.82) is 0 Å². The van der Waals surface area contributed by atoms with Crippen molar-refractivity contribution in [2.45, 2.75) is 18.7 Å². The standard InChI is InChI=1S/C15H17FN2O2S/c1-3-18(14-6-4-11(2)5-7-14)21(19,20)15-9-12(16)8-13(17)10-15/h4-10H,3,17H2,1-2H3. The Morgan fingerprint density at radius 3 is 2.29 bits per heavy atom. The van der Waals surface area contributed by atoms with E-state index in [1.54, 1.807) is 19.1 Å². The summed E-state index contributed by atoms with van der Waals surface area (Å²) in [7, 11) is -3.85. The Morgan fingerprint density at radius 2 is 1.76 bits per heavy atom. The Hall–Kier alpha value is -2.08. The number of anilines is 2. The van der Waals surface area contributed by atoms with Crippen LogP contribution in [-0.2, 0) is 10.0 Å². The molecule has 0 saturated carbocycles. The van der Waals surface area contributed by atoms with Crippen LogP contribution in [0.15, 0.2) is 47.4 Å². The summed E-state index contributed by atoms with van der Waals surface area (Å²) in [6.45, 7) is 3.88. The van der Waals surface area contributed by atoms with Crippen LogP contribution in [0.2, 0.25) is 0 Å². The Balaban J connectivity index is 2.51. The highest BCUT2D eigenvalue weighted by Gasteiger charge is 2.24. The molecule has 21 heavy (non-hydrogen) atoms. The summed E-state index contributed by atoms with van der Waals surface area (Å²) >= 11 is 0. The molecule has 0 amide bonds. The van der Waals surface area contributed by atoms with Gasteiger partial charge in [0, 0.05) is 12.2 Å². The zero-order valence-corrected chi connectivity index (χ0v) is 12.7. The van der Waals surface area contributed by atoms with Gasteiger partial charge < -0.3 is 5.73 Å². The Labute approximate surface area is 124 Å². The topological polar surface area (TPSA) is 63.4 Å². The van der Waals surface area contributed by atoms with Crippen molar-refractivity contribution >= 4 is 21.4 Å². The Kier molecular flexibility index (Phi) is 4.18. The van der Waals surface area contributed by atoms with Crippen LogP contribution >= 0.6 is 0 Å². The second-order valence-corrected chi connectivity index (χ2v) is 6.59. The van der Waals surface area contributed by atoms with Gasteiger partial charge in [0.2, 0.25) is 0 Å². The first-order chi connectivity index (χ1) is 9.84. The van der Waals surface area contributed by atoms with Crippen LogP contribution in [0.1, 0.15) is 12.5 Å². The fourth-order valence-electron chi connectivity index (χ4n) is 2.06. The lowest BCUT2D eigenvalue weighted by Crippen LogP contribution is -2.30. The van der Waals surface area contributed by atoms with Crippen LogP contribution in [0.4, 0.5) is 15.8 Å². The quantitative estimate of drug-likeness (QED) is 0.883. The summed E-state index contributed by atoms with van der Waals surface area (Å²) in [6, 6.07) is 10.4. The lowest BCUT2D eigenvalue weighted by atomic mass is 10.2. The van der Waals surface area contributed by atoms with Crippen LogP contribution in [-0.4, -0.2) is 15.0 Å². The predicted octanol–water partition coefficient (Wildman–Crippen LogP) is 2.93. The summed E-state index contributed by atoms with van der Waals surface area (Å²) in [5, 5.41) is 0. The molecule has 0 bridgehead atoms. The number of nitrogens with two attached hydrogens (primary N) is 1. The molecule has 2 N–H and O–H groups in total. The number of halogens is 1. The Morgan fingerprint density at radius 1 is 1.14 bits per heavy atom. The van der Waals surface area contributed by atoms with E-state index in [-0.39, 0.29) is 17.1 Å². The van der Waals surface area contributed by atoms with E-state index in [0.717, 1.165) is 17.7 Å². The Bertz CT molecular complexity index is 723. The zero-order chi connectivity index (χ0) is 15.6. The van der Waals surface area contributed by atoms with Gasteiger partial charge in [0.05, 0.1) is 10.6 Å². The second kappa shape index (κ2) is 5.73. The molecule has 2 rings (SSSR count). The number of hydrogen-bond acceptors (Lipinski definition) is 3. The summed E-state index contributed by atoms with van der Waals surface area (Å²) in [4.78, 5) is -0.151. The van der Waals surface area contributed by atoms with E-state index in [4.69, 9.17) is 5.73 Å². The van der Waals surface area contributed by atoms with Gasteiger partial charge in [-0.25, -0.2) is 12.8 Å². The minimum atomic E-state index is -3.85. The maximum absolute atomic E-state index is 13.4. The molecule has 0 fully saturated rings. The third-order valence-electron chi connectivity index (χ3n) is 3.09. The molecule has 0 aliphatic carbocycles. The molecule has 0 aliphatic rings. The molecule has 0 aromatic heterocycles. The third-order valence-corrected chi connectivity index (χ3v) is 4.97. The molecular formula is C15H17FN2O2S. The van der Waals surface area contributed by atoms with Crippen LogP contribution in [0, 0.1) is 12.7 Å². The minimum absolute atomic E-state index is 0.0773. The highest BCUT2D eigenvalue weighted by atomic mass is 32.2. The average Bonchev–Trinajstić information content (AvgIpc) is 2.40. The number of hydrogen-bond donors (Lipinski definition) is 1. The van der Waals surface area contributed by atoms with Crippen LogP contribution in [0.25, 0.3) is 0 Å². The summed E-state index contributed by atoms with van der Waals surface area (Å²) in [5.74, 6) is -0.673. The molecule has 2 aromatic rings. The molecule has 4 nitrogen and oxygen atoms in total. The van der Waals surface area contributed by atoms with Crippen LogP contribution < -0.4 is 10.0 Å². The van der Waals surface area contributed by atoms with Gasteiger partial charge in [-0.3, -0.25) is 4.31 Å². The zero-order valence-electron chi connectivity index (χ0n) is 11.9. The van der Waals surface area contributed by atoms with E-state index < -0.39 is 15.8 Å². The smallest absolute Gasteiger partial charge is 0.264 e. The van der Waals surface area contributed by atoms with Gasteiger partial charge in [0.15, 0.2) is 0 Å².